The topological polar surface area (TPSA) is 85.2 Å². The van der Waals surface area contributed by atoms with Gasteiger partial charge >= 0.3 is 0 Å². The Hall–Kier alpha value is -4.06. The number of phenolic OH excluding ortho intramolecular Hbond substituents is 1. The van der Waals surface area contributed by atoms with Crippen LogP contribution < -0.4 is 4.74 Å². The maximum absolute atomic E-state index is 12.6. The lowest BCUT2D eigenvalue weighted by Crippen LogP contribution is -2.08. The number of phenols is 1. The number of carbonyl (C=O) groups is 1. The molecule has 0 amide bonds. The van der Waals surface area contributed by atoms with Crippen LogP contribution in [0.25, 0.3) is 11.4 Å². The van der Waals surface area contributed by atoms with Gasteiger partial charge in [0, 0.05) is 11.6 Å². The molecule has 1 heterocycles. The number of rotatable bonds is 6. The molecule has 0 saturated carbocycles. The summed E-state index contributed by atoms with van der Waals surface area (Å²) in [6.45, 7) is 0.390. The molecule has 6 heteroatoms. The molecule has 4 aromatic rings. The van der Waals surface area contributed by atoms with E-state index < -0.39 is 0 Å². The van der Waals surface area contributed by atoms with Gasteiger partial charge in [-0.15, -0.1) is 0 Å². The van der Waals surface area contributed by atoms with Gasteiger partial charge in [0.1, 0.15) is 24.4 Å². The Balaban J connectivity index is 1.55. The van der Waals surface area contributed by atoms with Crippen LogP contribution in [0.15, 0.2) is 85.2 Å². The van der Waals surface area contributed by atoms with Gasteiger partial charge in [-0.2, -0.15) is 0 Å². The second-order valence-corrected chi connectivity index (χ2v) is 6.28. The fourth-order valence-electron chi connectivity index (χ4n) is 2.79. The number of ketones is 1. The minimum absolute atomic E-state index is 0.0185. The molecular weight excluding hydrogens is 366 g/mol. The molecule has 0 fully saturated rings. The largest absolute Gasteiger partial charge is 0.507 e. The van der Waals surface area contributed by atoms with Crippen LogP contribution in [0.2, 0.25) is 0 Å². The van der Waals surface area contributed by atoms with Gasteiger partial charge < -0.3 is 9.84 Å². The molecule has 0 aliphatic carbocycles. The van der Waals surface area contributed by atoms with Crippen molar-refractivity contribution in [3.05, 3.63) is 102 Å². The third kappa shape index (κ3) is 4.27. The van der Waals surface area contributed by atoms with Crippen LogP contribution in [-0.4, -0.2) is 25.8 Å². The second-order valence-electron chi connectivity index (χ2n) is 6.28. The van der Waals surface area contributed by atoms with Crippen LogP contribution in [0.5, 0.6) is 11.5 Å². The minimum Gasteiger partial charge on any atom is -0.507 e. The van der Waals surface area contributed by atoms with E-state index in [0.717, 1.165) is 5.56 Å². The molecule has 0 aliphatic rings. The lowest BCUT2D eigenvalue weighted by Gasteiger charge is -2.09. The first-order valence-corrected chi connectivity index (χ1v) is 8.99. The zero-order valence-corrected chi connectivity index (χ0v) is 15.4. The summed E-state index contributed by atoms with van der Waals surface area (Å²) < 4.78 is 5.72. The number of carbonyl (C=O) groups excluding carboxylic acids is 1. The summed E-state index contributed by atoms with van der Waals surface area (Å²) in [5.41, 5.74) is 1.90. The first-order chi connectivity index (χ1) is 14.2. The van der Waals surface area contributed by atoms with Crippen molar-refractivity contribution in [1.29, 1.82) is 0 Å². The first kappa shape index (κ1) is 18.3. The molecule has 0 atom stereocenters. The molecule has 0 radical (unpaired) electrons. The Bertz CT molecular complexity index is 1130. The molecule has 0 aliphatic heterocycles. The molecular formula is C23H17N3O3. The summed E-state index contributed by atoms with van der Waals surface area (Å²) in [7, 11) is 0. The average molecular weight is 383 g/mol. The predicted molar refractivity (Wildman–Crippen MR) is 108 cm³/mol. The van der Waals surface area contributed by atoms with Gasteiger partial charge in [-0.05, 0) is 17.7 Å². The maximum atomic E-state index is 12.6. The van der Waals surface area contributed by atoms with E-state index in [2.05, 4.69) is 15.0 Å². The number of benzene rings is 3. The van der Waals surface area contributed by atoms with Gasteiger partial charge in [0.25, 0.3) is 0 Å². The molecule has 6 nitrogen and oxygen atoms in total. The van der Waals surface area contributed by atoms with Crippen LogP contribution in [0.3, 0.4) is 0 Å². The van der Waals surface area contributed by atoms with Crippen molar-refractivity contribution >= 4 is 5.78 Å². The fraction of sp³-hybridized carbons (Fsp3) is 0.0435. The summed E-state index contributed by atoms with van der Waals surface area (Å²) in [6.07, 6.45) is 1.26. The zero-order valence-electron chi connectivity index (χ0n) is 15.4. The van der Waals surface area contributed by atoms with Crippen LogP contribution in [0, 0.1) is 0 Å². The smallest absolute Gasteiger partial charge is 0.230 e. The van der Waals surface area contributed by atoms with E-state index in [1.165, 1.54) is 12.4 Å². The lowest BCUT2D eigenvalue weighted by molar-refractivity contribution is 0.102. The van der Waals surface area contributed by atoms with Gasteiger partial charge in [0.15, 0.2) is 5.82 Å². The minimum atomic E-state index is -0.309. The molecule has 4 rings (SSSR count). The van der Waals surface area contributed by atoms with Crippen molar-refractivity contribution in [3.8, 4) is 22.9 Å². The summed E-state index contributed by atoms with van der Waals surface area (Å²) in [6, 6.07) is 23.4. The van der Waals surface area contributed by atoms with Gasteiger partial charge in [-0.25, -0.2) is 15.0 Å². The van der Waals surface area contributed by atoms with E-state index in [-0.39, 0.29) is 23.2 Å². The normalized spacial score (nSPS) is 10.5. The van der Waals surface area contributed by atoms with Gasteiger partial charge in [0.05, 0.1) is 5.56 Å². The van der Waals surface area contributed by atoms with Crippen LogP contribution in [-0.2, 0) is 6.61 Å². The number of aromatic nitrogens is 3. The molecule has 1 aromatic heterocycles. The number of hydrogen-bond acceptors (Lipinski definition) is 6. The monoisotopic (exact) mass is 383 g/mol. The van der Waals surface area contributed by atoms with Crippen molar-refractivity contribution in [2.24, 2.45) is 0 Å². The molecule has 3 aromatic carbocycles. The summed E-state index contributed by atoms with van der Waals surface area (Å²) in [5.74, 6) is 0.401. The summed E-state index contributed by atoms with van der Waals surface area (Å²) in [4.78, 5) is 24.9. The zero-order chi connectivity index (χ0) is 20.1. The van der Waals surface area contributed by atoms with Gasteiger partial charge in [-0.1, -0.05) is 60.7 Å². The van der Waals surface area contributed by atoms with Crippen molar-refractivity contribution in [1.82, 2.24) is 15.0 Å². The van der Waals surface area contributed by atoms with Gasteiger partial charge in [0.2, 0.25) is 11.6 Å². The number of hydrogen-bond donors (Lipinski definition) is 1. The van der Waals surface area contributed by atoms with E-state index in [1.807, 2.05) is 36.4 Å². The summed E-state index contributed by atoms with van der Waals surface area (Å²) in [5, 5.41) is 10.4. The third-order valence-electron chi connectivity index (χ3n) is 4.27. The molecule has 0 bridgehead atoms. The number of aromatic hydroxyl groups is 1. The summed E-state index contributed by atoms with van der Waals surface area (Å²) >= 11 is 0. The third-order valence-corrected chi connectivity index (χ3v) is 4.27. The first-order valence-electron chi connectivity index (χ1n) is 8.99. The SMILES string of the molecule is O=C(c1ccccc1)c1ncnc(-c2ccc(OCc3ccccc3)cc2O)n1. The highest BCUT2D eigenvalue weighted by molar-refractivity contribution is 6.06. The van der Waals surface area contributed by atoms with Crippen LogP contribution in [0.1, 0.15) is 21.7 Å². The van der Waals surface area contributed by atoms with Crippen molar-refractivity contribution in [2.75, 3.05) is 0 Å². The fourth-order valence-corrected chi connectivity index (χ4v) is 2.79. The highest BCUT2D eigenvalue weighted by atomic mass is 16.5. The number of nitrogens with zero attached hydrogens (tertiary/aromatic N) is 3. The Morgan fingerprint density at radius 2 is 1.62 bits per heavy atom. The van der Waals surface area contributed by atoms with Crippen molar-refractivity contribution in [2.45, 2.75) is 6.61 Å². The van der Waals surface area contributed by atoms with Crippen LogP contribution in [0.4, 0.5) is 0 Å². The lowest BCUT2D eigenvalue weighted by atomic mass is 10.1. The number of ether oxygens (including phenoxy) is 1. The van der Waals surface area contributed by atoms with E-state index >= 15 is 0 Å². The quantitative estimate of drug-likeness (QED) is 0.506. The Labute approximate surface area is 167 Å². The van der Waals surface area contributed by atoms with Crippen molar-refractivity contribution in [3.63, 3.8) is 0 Å². The van der Waals surface area contributed by atoms with Gasteiger partial charge in [-0.3, -0.25) is 4.79 Å². The predicted octanol–water partition coefficient (Wildman–Crippen LogP) is 4.05. The van der Waals surface area contributed by atoms with E-state index in [4.69, 9.17) is 4.74 Å². The standard InChI is InChI=1S/C23H17N3O3/c27-20-13-18(29-14-16-7-3-1-4-8-16)11-12-19(20)22-24-15-25-23(26-22)21(28)17-9-5-2-6-10-17/h1-13,15,27H,14H2. The highest BCUT2D eigenvalue weighted by Gasteiger charge is 2.15. The molecule has 29 heavy (non-hydrogen) atoms. The van der Waals surface area contributed by atoms with E-state index in [1.54, 1.807) is 36.4 Å². The van der Waals surface area contributed by atoms with Crippen LogP contribution >= 0.6 is 0 Å². The van der Waals surface area contributed by atoms with E-state index in [0.29, 0.717) is 23.5 Å². The Kier molecular flexibility index (Phi) is 5.25. The average Bonchev–Trinajstić information content (AvgIpc) is 2.78. The highest BCUT2D eigenvalue weighted by Crippen LogP contribution is 2.30. The molecule has 1 N–H and O–H groups in total. The Morgan fingerprint density at radius 3 is 2.34 bits per heavy atom. The molecule has 142 valence electrons. The van der Waals surface area contributed by atoms with E-state index in [9.17, 15) is 9.90 Å². The second kappa shape index (κ2) is 8.31. The molecule has 0 saturated heterocycles. The Morgan fingerprint density at radius 1 is 0.897 bits per heavy atom. The molecule has 0 spiro atoms. The molecule has 0 unspecified atom stereocenters. The van der Waals surface area contributed by atoms with Crippen molar-refractivity contribution < 1.29 is 14.6 Å². The maximum Gasteiger partial charge on any atom is 0.230 e.